The first-order chi connectivity index (χ1) is 15.1. The lowest BCUT2D eigenvalue weighted by Crippen LogP contribution is -2.27. The minimum atomic E-state index is -1.06. The Morgan fingerprint density at radius 3 is 1.35 bits per heavy atom. The largest absolute Gasteiger partial charge is 0.463 e. The number of carbonyl (C=O) groups excluding carboxylic acids is 2. The molecule has 0 aliphatic heterocycles. The zero-order chi connectivity index (χ0) is 23.2. The zero-order valence-electron chi connectivity index (χ0n) is 17.0. The van der Waals surface area contributed by atoms with Gasteiger partial charge in [-0.2, -0.15) is 21.0 Å². The first kappa shape index (κ1) is 27.1. The van der Waals surface area contributed by atoms with Crippen LogP contribution >= 0.6 is 0 Å². The zero-order valence-corrected chi connectivity index (χ0v) is 17.0. The first-order valence-corrected chi connectivity index (χ1v) is 9.55. The molecule has 0 amide bonds. The summed E-state index contributed by atoms with van der Waals surface area (Å²) < 4.78 is 28.4. The molecular weight excluding hydrogens is 412 g/mol. The summed E-state index contributed by atoms with van der Waals surface area (Å²) in [4.78, 5) is 23.9. The maximum atomic E-state index is 12.0. The van der Waals surface area contributed by atoms with Gasteiger partial charge in [-0.15, -0.1) is 0 Å². The molecule has 2 unspecified atom stereocenters. The van der Waals surface area contributed by atoms with Gasteiger partial charge in [-0.25, -0.2) is 9.59 Å². The average Bonchev–Trinajstić information content (AvgIpc) is 2.76. The number of carbonyl (C=O) groups is 2. The Hall–Kier alpha value is -3.90. The minimum Gasteiger partial charge on any atom is -0.463 e. The normalized spacial score (nSPS) is 11.2. The Labute approximate surface area is 180 Å². The van der Waals surface area contributed by atoms with Crippen LogP contribution in [0.4, 0.5) is 0 Å². The molecule has 0 rings (SSSR count). The molecule has 0 radical (unpaired) electrons. The monoisotopic (exact) mass is 436 g/mol. The van der Waals surface area contributed by atoms with Gasteiger partial charge in [0.05, 0.1) is 13.2 Å². The van der Waals surface area contributed by atoms with E-state index in [1.54, 1.807) is 0 Å². The van der Waals surface area contributed by atoms with E-state index in [9.17, 15) is 9.59 Å². The number of hydrogen-bond donors (Lipinski definition) is 0. The van der Waals surface area contributed by atoms with Crippen LogP contribution in [0.2, 0.25) is 0 Å². The number of ether oxygens (including phenoxy) is 6. The summed E-state index contributed by atoms with van der Waals surface area (Å²) in [5.74, 6) is -1.45. The highest BCUT2D eigenvalue weighted by Gasteiger charge is 2.23. The summed E-state index contributed by atoms with van der Waals surface area (Å²) >= 11 is 0. The van der Waals surface area contributed by atoms with Gasteiger partial charge in [-0.3, -0.25) is 0 Å². The van der Waals surface area contributed by atoms with E-state index in [1.165, 1.54) is 25.0 Å². The van der Waals surface area contributed by atoms with E-state index in [2.05, 4.69) is 9.47 Å². The fourth-order valence-corrected chi connectivity index (χ4v) is 2.27. The molecule has 0 fully saturated rings. The maximum absolute atomic E-state index is 12.0. The quantitative estimate of drug-likeness (QED) is 0.172. The summed E-state index contributed by atoms with van der Waals surface area (Å²) in [6.07, 6.45) is 6.50. The Morgan fingerprint density at radius 2 is 1.00 bits per heavy atom. The van der Waals surface area contributed by atoms with E-state index in [1.807, 2.05) is 0 Å². The molecular formula is C19H24N4O8. The third-order valence-electron chi connectivity index (χ3n) is 3.75. The second-order valence-corrected chi connectivity index (χ2v) is 5.96. The average molecular weight is 436 g/mol. The Bertz CT molecular complexity index is 631. The predicted octanol–water partition coefficient (Wildman–Crippen LogP) is 1.53. The third-order valence-corrected chi connectivity index (χ3v) is 3.75. The topological polar surface area (TPSA) is 185 Å². The van der Waals surface area contributed by atoms with Crippen LogP contribution in [0.15, 0.2) is 0 Å². The highest BCUT2D eigenvalue weighted by Crippen LogP contribution is 2.09. The van der Waals surface area contributed by atoms with Crippen molar-refractivity contribution in [2.24, 2.45) is 0 Å². The lowest BCUT2D eigenvalue weighted by Gasteiger charge is -2.14. The molecule has 0 saturated carbocycles. The van der Waals surface area contributed by atoms with Crippen LogP contribution in [0, 0.1) is 46.1 Å². The lowest BCUT2D eigenvalue weighted by molar-refractivity contribution is -0.156. The van der Waals surface area contributed by atoms with Crippen molar-refractivity contribution in [1.82, 2.24) is 0 Å². The fourth-order valence-electron chi connectivity index (χ4n) is 2.27. The molecule has 0 saturated heterocycles. The van der Waals surface area contributed by atoms with Gasteiger partial charge < -0.3 is 28.4 Å². The van der Waals surface area contributed by atoms with E-state index in [0.29, 0.717) is 25.7 Å². The van der Waals surface area contributed by atoms with Gasteiger partial charge in [0.1, 0.15) is 13.2 Å². The number of nitrogens with zero attached hydrogens (tertiary/aromatic N) is 4. The molecule has 0 aliphatic rings. The Morgan fingerprint density at radius 1 is 0.581 bits per heavy atom. The van der Waals surface area contributed by atoms with Crippen LogP contribution in [0.5, 0.6) is 0 Å². The molecule has 0 N–H and O–H groups in total. The van der Waals surface area contributed by atoms with Crippen molar-refractivity contribution in [3.8, 4) is 25.0 Å². The molecule has 12 nitrogen and oxygen atoms in total. The SMILES string of the molecule is N#COCCCCC(OC#N)C(=O)OCCCOC(=O)C(CCCCOC#N)OC#N. The van der Waals surface area contributed by atoms with Gasteiger partial charge in [0, 0.05) is 6.42 Å². The van der Waals surface area contributed by atoms with E-state index in [0.717, 1.165) is 0 Å². The van der Waals surface area contributed by atoms with Gasteiger partial charge in [0.25, 0.3) is 25.0 Å². The molecule has 12 heteroatoms. The highest BCUT2D eigenvalue weighted by molar-refractivity contribution is 5.75. The van der Waals surface area contributed by atoms with Gasteiger partial charge in [-0.05, 0) is 38.5 Å². The van der Waals surface area contributed by atoms with Crippen LogP contribution in [-0.2, 0) is 38.0 Å². The number of nitriles is 4. The molecule has 0 spiro atoms. The van der Waals surface area contributed by atoms with E-state index in [4.69, 9.17) is 40.0 Å². The summed E-state index contributed by atoms with van der Waals surface area (Å²) in [6.45, 7) is 0.287. The van der Waals surface area contributed by atoms with Gasteiger partial charge in [0.2, 0.25) is 12.2 Å². The van der Waals surface area contributed by atoms with Crippen molar-refractivity contribution in [3.63, 3.8) is 0 Å². The second-order valence-electron chi connectivity index (χ2n) is 5.96. The van der Waals surface area contributed by atoms with Crippen LogP contribution in [0.1, 0.15) is 44.9 Å². The van der Waals surface area contributed by atoms with E-state index >= 15 is 0 Å². The van der Waals surface area contributed by atoms with Gasteiger partial charge in [0.15, 0.2) is 0 Å². The molecule has 0 heterocycles. The third kappa shape index (κ3) is 14.7. The molecule has 0 bridgehead atoms. The Balaban J connectivity index is 4.12. The van der Waals surface area contributed by atoms with Crippen molar-refractivity contribution < 1.29 is 38.0 Å². The minimum absolute atomic E-state index is 0.0653. The van der Waals surface area contributed by atoms with Crippen molar-refractivity contribution >= 4 is 11.9 Å². The molecule has 0 aromatic heterocycles. The number of esters is 2. The molecule has 168 valence electrons. The summed E-state index contributed by atoms with van der Waals surface area (Å²) in [7, 11) is 0. The van der Waals surface area contributed by atoms with Crippen molar-refractivity contribution in [3.05, 3.63) is 0 Å². The molecule has 2 atom stereocenters. The molecule has 31 heavy (non-hydrogen) atoms. The maximum Gasteiger partial charge on any atom is 0.348 e. The second kappa shape index (κ2) is 19.4. The molecule has 0 aromatic carbocycles. The van der Waals surface area contributed by atoms with E-state index < -0.39 is 24.1 Å². The van der Waals surface area contributed by atoms with Gasteiger partial charge in [-0.1, -0.05) is 0 Å². The van der Waals surface area contributed by atoms with Crippen LogP contribution < -0.4 is 0 Å². The molecule has 0 aromatic rings. The van der Waals surface area contributed by atoms with E-state index in [-0.39, 0.29) is 45.7 Å². The first-order valence-electron chi connectivity index (χ1n) is 9.55. The predicted molar refractivity (Wildman–Crippen MR) is 98.3 cm³/mol. The highest BCUT2D eigenvalue weighted by atomic mass is 16.6. The van der Waals surface area contributed by atoms with Crippen molar-refractivity contribution in [2.45, 2.75) is 57.2 Å². The number of hydrogen-bond acceptors (Lipinski definition) is 12. The summed E-state index contributed by atoms with van der Waals surface area (Å²) in [5.41, 5.74) is 0. The van der Waals surface area contributed by atoms with Crippen LogP contribution in [0.25, 0.3) is 0 Å². The number of unbranched alkanes of at least 4 members (excludes halogenated alkanes) is 2. The summed E-state index contributed by atoms with van der Waals surface area (Å²) in [5, 5.41) is 33.8. The van der Waals surface area contributed by atoms with Crippen molar-refractivity contribution in [1.29, 1.82) is 21.0 Å². The molecule has 0 aliphatic carbocycles. The standard InChI is InChI=1S/C19H24N4O8/c20-12-26-8-3-1-6-16(30-14-22)18(24)28-10-5-11-29-19(25)17(31-15-23)7-2-4-9-27-13-21/h16-17H,1-11H2. The van der Waals surface area contributed by atoms with Crippen LogP contribution in [0.3, 0.4) is 0 Å². The summed E-state index contributed by atoms with van der Waals surface area (Å²) in [6, 6.07) is 0. The Kier molecular flexibility index (Phi) is 17.0. The number of rotatable bonds is 18. The van der Waals surface area contributed by atoms with Crippen molar-refractivity contribution in [2.75, 3.05) is 26.4 Å². The lowest BCUT2D eigenvalue weighted by atomic mass is 10.1. The van der Waals surface area contributed by atoms with Gasteiger partial charge >= 0.3 is 11.9 Å². The van der Waals surface area contributed by atoms with Crippen LogP contribution in [-0.4, -0.2) is 50.6 Å². The fraction of sp³-hybridized carbons (Fsp3) is 0.684. The smallest absolute Gasteiger partial charge is 0.348 e.